The lowest BCUT2D eigenvalue weighted by atomic mass is 10.1. The number of amides is 1. The molecule has 23 heavy (non-hydrogen) atoms. The van der Waals surface area contributed by atoms with Crippen LogP contribution in [0.25, 0.3) is 11.0 Å². The molecule has 1 heterocycles. The molecule has 1 atom stereocenters. The number of aromatic nitrogens is 2. The summed E-state index contributed by atoms with van der Waals surface area (Å²) >= 11 is 3.52. The minimum Gasteiger partial charge on any atom is -0.350 e. The van der Waals surface area contributed by atoms with E-state index in [1.807, 2.05) is 55.5 Å². The number of aromatic amines is 1. The third kappa shape index (κ3) is 3.79. The summed E-state index contributed by atoms with van der Waals surface area (Å²) in [5.74, 6) is 0.864. The topological polar surface area (TPSA) is 57.8 Å². The predicted octanol–water partition coefficient (Wildman–Crippen LogP) is 4.14. The Bertz CT molecular complexity index is 795. The smallest absolute Gasteiger partial charge is 0.220 e. The molecule has 3 rings (SSSR count). The summed E-state index contributed by atoms with van der Waals surface area (Å²) in [7, 11) is 0. The minimum atomic E-state index is -0.0336. The number of hydrogen-bond donors (Lipinski definition) is 2. The van der Waals surface area contributed by atoms with Crippen LogP contribution in [0.3, 0.4) is 0 Å². The van der Waals surface area contributed by atoms with E-state index in [4.69, 9.17) is 0 Å². The summed E-state index contributed by atoms with van der Waals surface area (Å²) in [5.41, 5.74) is 3.01. The molecule has 3 aromatic rings. The lowest BCUT2D eigenvalue weighted by Crippen LogP contribution is -2.27. The Kier molecular flexibility index (Phi) is 4.76. The molecule has 0 aliphatic carbocycles. The Morgan fingerprint density at radius 3 is 2.74 bits per heavy atom. The average molecular weight is 372 g/mol. The van der Waals surface area contributed by atoms with Gasteiger partial charge < -0.3 is 10.3 Å². The zero-order chi connectivity index (χ0) is 16.2. The Morgan fingerprint density at radius 2 is 1.96 bits per heavy atom. The van der Waals surface area contributed by atoms with Crippen LogP contribution in [0.5, 0.6) is 0 Å². The monoisotopic (exact) mass is 371 g/mol. The predicted molar refractivity (Wildman–Crippen MR) is 95.1 cm³/mol. The molecule has 1 amide bonds. The van der Waals surface area contributed by atoms with E-state index in [-0.39, 0.29) is 11.9 Å². The molecule has 5 heteroatoms. The van der Waals surface area contributed by atoms with Gasteiger partial charge in [-0.2, -0.15) is 0 Å². The molecule has 4 nitrogen and oxygen atoms in total. The van der Waals surface area contributed by atoms with E-state index in [0.29, 0.717) is 12.8 Å². The standard InChI is InChI=1S/C18H18BrN3O/c1-12(13-6-2-3-7-14(13)19)20-18(23)11-10-17-21-15-8-4-5-9-16(15)22-17/h2-9,12H,10-11H2,1H3,(H,20,23)(H,21,22). The van der Waals surface area contributed by atoms with Gasteiger partial charge in [0.15, 0.2) is 0 Å². The van der Waals surface area contributed by atoms with Gasteiger partial charge in [-0.15, -0.1) is 0 Å². The molecule has 2 aromatic carbocycles. The lowest BCUT2D eigenvalue weighted by molar-refractivity contribution is -0.121. The molecule has 0 radical (unpaired) electrons. The van der Waals surface area contributed by atoms with E-state index in [2.05, 4.69) is 31.2 Å². The number of nitrogens with one attached hydrogen (secondary N) is 2. The molecule has 0 fully saturated rings. The van der Waals surface area contributed by atoms with Gasteiger partial charge in [-0.25, -0.2) is 4.98 Å². The van der Waals surface area contributed by atoms with Crippen molar-refractivity contribution < 1.29 is 4.79 Å². The van der Waals surface area contributed by atoms with Crippen LogP contribution in [0, 0.1) is 0 Å². The Labute approximate surface area is 143 Å². The van der Waals surface area contributed by atoms with Gasteiger partial charge in [0.1, 0.15) is 5.82 Å². The van der Waals surface area contributed by atoms with E-state index in [1.165, 1.54) is 0 Å². The number of para-hydroxylation sites is 2. The van der Waals surface area contributed by atoms with E-state index in [0.717, 1.165) is 26.9 Å². The normalized spacial score (nSPS) is 12.3. The second-order valence-corrected chi connectivity index (χ2v) is 6.37. The van der Waals surface area contributed by atoms with Crippen molar-refractivity contribution in [3.8, 4) is 0 Å². The van der Waals surface area contributed by atoms with E-state index >= 15 is 0 Å². The number of rotatable bonds is 5. The van der Waals surface area contributed by atoms with Crippen LogP contribution in [-0.2, 0) is 11.2 Å². The number of imidazole rings is 1. The fourth-order valence-electron chi connectivity index (χ4n) is 2.57. The van der Waals surface area contributed by atoms with Gasteiger partial charge in [-0.3, -0.25) is 4.79 Å². The number of hydrogen-bond acceptors (Lipinski definition) is 2. The highest BCUT2D eigenvalue weighted by atomic mass is 79.9. The number of aryl methyl sites for hydroxylation is 1. The van der Waals surface area contributed by atoms with Crippen molar-refractivity contribution in [2.75, 3.05) is 0 Å². The summed E-state index contributed by atoms with van der Waals surface area (Å²) in [5, 5.41) is 3.03. The molecule has 1 unspecified atom stereocenters. The van der Waals surface area contributed by atoms with E-state index in [1.54, 1.807) is 0 Å². The number of halogens is 1. The van der Waals surface area contributed by atoms with Gasteiger partial charge in [0.25, 0.3) is 0 Å². The number of fused-ring (bicyclic) bond motifs is 1. The molecule has 0 saturated carbocycles. The van der Waals surface area contributed by atoms with Crippen LogP contribution >= 0.6 is 15.9 Å². The highest BCUT2D eigenvalue weighted by Gasteiger charge is 2.12. The Hall–Kier alpha value is -2.14. The van der Waals surface area contributed by atoms with Crippen LogP contribution in [0.1, 0.15) is 30.8 Å². The first-order chi connectivity index (χ1) is 11.1. The molecule has 0 spiro atoms. The second kappa shape index (κ2) is 6.96. The van der Waals surface area contributed by atoms with Crippen molar-refractivity contribution in [3.05, 3.63) is 64.4 Å². The quantitative estimate of drug-likeness (QED) is 0.707. The van der Waals surface area contributed by atoms with Gasteiger partial charge in [0.2, 0.25) is 5.91 Å². The van der Waals surface area contributed by atoms with Crippen LogP contribution < -0.4 is 5.32 Å². The van der Waals surface area contributed by atoms with Crippen molar-refractivity contribution in [1.29, 1.82) is 0 Å². The van der Waals surface area contributed by atoms with Gasteiger partial charge in [-0.05, 0) is 30.7 Å². The first-order valence-corrected chi connectivity index (χ1v) is 8.40. The maximum absolute atomic E-state index is 12.2. The lowest BCUT2D eigenvalue weighted by Gasteiger charge is -2.15. The molecule has 0 aliphatic rings. The fraction of sp³-hybridized carbons (Fsp3) is 0.222. The van der Waals surface area contributed by atoms with Crippen molar-refractivity contribution >= 4 is 32.9 Å². The highest BCUT2D eigenvalue weighted by Crippen LogP contribution is 2.22. The first kappa shape index (κ1) is 15.7. The van der Waals surface area contributed by atoms with Crippen LogP contribution in [0.15, 0.2) is 53.0 Å². The number of carbonyl (C=O) groups excluding carboxylic acids is 1. The highest BCUT2D eigenvalue weighted by molar-refractivity contribution is 9.10. The average Bonchev–Trinajstić information content (AvgIpc) is 2.96. The Balaban J connectivity index is 1.58. The van der Waals surface area contributed by atoms with Gasteiger partial charge in [0, 0.05) is 17.3 Å². The molecule has 0 bridgehead atoms. The van der Waals surface area contributed by atoms with Gasteiger partial charge in [0.05, 0.1) is 17.1 Å². The van der Waals surface area contributed by atoms with Crippen molar-refractivity contribution in [2.45, 2.75) is 25.8 Å². The SMILES string of the molecule is CC(NC(=O)CCc1nc2ccccc2[nH]1)c1ccccc1Br. The van der Waals surface area contributed by atoms with Crippen molar-refractivity contribution in [3.63, 3.8) is 0 Å². The summed E-state index contributed by atoms with van der Waals surface area (Å²) in [6, 6.07) is 15.8. The zero-order valence-electron chi connectivity index (χ0n) is 12.8. The number of benzene rings is 2. The third-order valence-electron chi connectivity index (χ3n) is 3.78. The molecule has 0 saturated heterocycles. The molecule has 1 aromatic heterocycles. The molecule has 118 valence electrons. The largest absolute Gasteiger partial charge is 0.350 e. The fourth-order valence-corrected chi connectivity index (χ4v) is 3.20. The van der Waals surface area contributed by atoms with Crippen molar-refractivity contribution in [1.82, 2.24) is 15.3 Å². The minimum absolute atomic E-state index is 0.0220. The Morgan fingerprint density at radius 1 is 1.22 bits per heavy atom. The number of nitrogens with zero attached hydrogens (tertiary/aromatic N) is 1. The van der Waals surface area contributed by atoms with Gasteiger partial charge >= 0.3 is 0 Å². The number of carbonyl (C=O) groups is 1. The maximum atomic E-state index is 12.2. The maximum Gasteiger partial charge on any atom is 0.220 e. The summed E-state index contributed by atoms with van der Waals surface area (Å²) < 4.78 is 1.00. The van der Waals surface area contributed by atoms with E-state index < -0.39 is 0 Å². The van der Waals surface area contributed by atoms with E-state index in [9.17, 15) is 4.79 Å². The van der Waals surface area contributed by atoms with Gasteiger partial charge in [-0.1, -0.05) is 46.3 Å². The van der Waals surface area contributed by atoms with Crippen molar-refractivity contribution in [2.24, 2.45) is 0 Å². The molecular formula is C18H18BrN3O. The molecule has 2 N–H and O–H groups in total. The van der Waals surface area contributed by atoms with Crippen LogP contribution in [0.2, 0.25) is 0 Å². The molecular weight excluding hydrogens is 354 g/mol. The summed E-state index contributed by atoms with van der Waals surface area (Å²) in [6.07, 6.45) is 1.01. The zero-order valence-corrected chi connectivity index (χ0v) is 14.4. The van der Waals surface area contributed by atoms with Crippen LogP contribution in [-0.4, -0.2) is 15.9 Å². The summed E-state index contributed by atoms with van der Waals surface area (Å²) in [4.78, 5) is 19.9. The summed E-state index contributed by atoms with van der Waals surface area (Å²) in [6.45, 7) is 1.99. The third-order valence-corrected chi connectivity index (χ3v) is 4.50. The molecule has 0 aliphatic heterocycles. The second-order valence-electron chi connectivity index (χ2n) is 5.51. The van der Waals surface area contributed by atoms with Crippen LogP contribution in [0.4, 0.5) is 0 Å². The number of H-pyrrole nitrogens is 1. The first-order valence-electron chi connectivity index (χ1n) is 7.61.